The standard InChI is InChI=1S/C28H32F3N5O6/c1-27(2,3)42-26(39)34-19(14-33-25(38)40-16-18-7-5-4-6-8-18)15-35-11-12-36-21-9-10-32-23(41-17-28(29,30)31)20(21)13-22(36)24(35)37/h4-10,13,19H,11-12,14-17H2,1-3H3,(H,33,38)(H,34,39)/t19-/m0/s1. The minimum atomic E-state index is -4.55. The van der Waals surface area contributed by atoms with Gasteiger partial charge in [-0.3, -0.25) is 4.79 Å². The Bertz CT molecular complexity index is 1420. The molecule has 226 valence electrons. The number of carbonyl (C=O) groups excluding carboxylic acids is 3. The number of nitrogens with one attached hydrogen (secondary N) is 2. The number of rotatable bonds is 9. The zero-order valence-electron chi connectivity index (χ0n) is 23.4. The van der Waals surface area contributed by atoms with Crippen LogP contribution in [0.2, 0.25) is 0 Å². The van der Waals surface area contributed by atoms with Crippen LogP contribution in [0.5, 0.6) is 5.88 Å². The SMILES string of the molecule is CC(C)(C)OC(=O)N[C@@H](CNC(=O)OCc1ccccc1)CN1CCn2c(cc3c(OCC(F)(F)F)nccc32)C1=O. The third kappa shape index (κ3) is 8.27. The number of carbonyl (C=O) groups is 3. The summed E-state index contributed by atoms with van der Waals surface area (Å²) in [7, 11) is 0. The second kappa shape index (κ2) is 12.6. The summed E-state index contributed by atoms with van der Waals surface area (Å²) >= 11 is 0. The summed E-state index contributed by atoms with van der Waals surface area (Å²) in [5.74, 6) is -0.643. The molecule has 1 aliphatic rings. The second-order valence-corrected chi connectivity index (χ2v) is 10.7. The van der Waals surface area contributed by atoms with Crippen molar-refractivity contribution in [3.8, 4) is 5.88 Å². The van der Waals surface area contributed by atoms with E-state index in [0.717, 1.165) is 5.56 Å². The predicted molar refractivity (Wildman–Crippen MR) is 145 cm³/mol. The van der Waals surface area contributed by atoms with Crippen LogP contribution in [0.3, 0.4) is 0 Å². The van der Waals surface area contributed by atoms with Gasteiger partial charge in [0.2, 0.25) is 5.88 Å². The minimum absolute atomic E-state index is 0.00818. The van der Waals surface area contributed by atoms with Crippen LogP contribution in [-0.2, 0) is 22.6 Å². The molecule has 4 rings (SSSR count). The van der Waals surface area contributed by atoms with Crippen LogP contribution >= 0.6 is 0 Å². The molecule has 14 heteroatoms. The molecule has 0 fully saturated rings. The number of benzene rings is 1. The minimum Gasteiger partial charge on any atom is -0.468 e. The van der Waals surface area contributed by atoms with Gasteiger partial charge in [0.05, 0.1) is 16.9 Å². The highest BCUT2D eigenvalue weighted by atomic mass is 19.4. The highest BCUT2D eigenvalue weighted by Crippen LogP contribution is 2.30. The van der Waals surface area contributed by atoms with Crippen molar-refractivity contribution < 1.29 is 41.8 Å². The Morgan fingerprint density at radius 1 is 1.07 bits per heavy atom. The van der Waals surface area contributed by atoms with Gasteiger partial charge in [-0.2, -0.15) is 13.2 Å². The van der Waals surface area contributed by atoms with Crippen molar-refractivity contribution in [2.45, 2.75) is 51.7 Å². The summed E-state index contributed by atoms with van der Waals surface area (Å²) in [5, 5.41) is 5.58. The zero-order valence-corrected chi connectivity index (χ0v) is 23.4. The van der Waals surface area contributed by atoms with E-state index in [0.29, 0.717) is 12.1 Å². The average molecular weight is 592 g/mol. The fourth-order valence-corrected chi connectivity index (χ4v) is 4.38. The monoisotopic (exact) mass is 591 g/mol. The van der Waals surface area contributed by atoms with Gasteiger partial charge in [0.15, 0.2) is 6.61 Å². The first-order valence-corrected chi connectivity index (χ1v) is 13.2. The van der Waals surface area contributed by atoms with Crippen molar-refractivity contribution in [2.75, 3.05) is 26.2 Å². The summed E-state index contributed by atoms with van der Waals surface area (Å²) in [6, 6.07) is 11.4. The van der Waals surface area contributed by atoms with E-state index in [9.17, 15) is 27.6 Å². The first-order valence-electron chi connectivity index (χ1n) is 13.2. The number of hydrogen-bond donors (Lipinski definition) is 2. The van der Waals surface area contributed by atoms with Crippen molar-refractivity contribution >= 4 is 29.0 Å². The quantitative estimate of drug-likeness (QED) is 0.381. The topological polar surface area (TPSA) is 124 Å². The fourth-order valence-electron chi connectivity index (χ4n) is 4.38. The smallest absolute Gasteiger partial charge is 0.422 e. The van der Waals surface area contributed by atoms with E-state index in [1.54, 1.807) is 31.4 Å². The molecule has 1 aliphatic heterocycles. The molecule has 3 amide bonds. The van der Waals surface area contributed by atoms with Crippen molar-refractivity contribution in [3.63, 3.8) is 0 Å². The lowest BCUT2D eigenvalue weighted by molar-refractivity contribution is -0.153. The van der Waals surface area contributed by atoms with Gasteiger partial charge in [-0.15, -0.1) is 0 Å². The number of nitrogens with zero attached hydrogens (tertiary/aromatic N) is 3. The molecule has 0 saturated heterocycles. The lowest BCUT2D eigenvalue weighted by Gasteiger charge is -2.32. The van der Waals surface area contributed by atoms with Gasteiger partial charge in [-0.05, 0) is 38.5 Å². The molecule has 2 N–H and O–H groups in total. The molecule has 1 atom stereocenters. The lowest BCUT2D eigenvalue weighted by Crippen LogP contribution is -2.53. The first-order chi connectivity index (χ1) is 19.8. The van der Waals surface area contributed by atoms with E-state index in [-0.39, 0.29) is 43.2 Å². The van der Waals surface area contributed by atoms with Crippen molar-refractivity contribution in [1.29, 1.82) is 0 Å². The van der Waals surface area contributed by atoms with Crippen LogP contribution < -0.4 is 15.4 Å². The van der Waals surface area contributed by atoms with Gasteiger partial charge in [-0.25, -0.2) is 14.6 Å². The van der Waals surface area contributed by atoms with E-state index < -0.39 is 42.5 Å². The van der Waals surface area contributed by atoms with E-state index in [1.807, 2.05) is 30.3 Å². The Morgan fingerprint density at radius 3 is 2.50 bits per heavy atom. The molecule has 11 nitrogen and oxygen atoms in total. The molecule has 0 aliphatic carbocycles. The Balaban J connectivity index is 1.46. The van der Waals surface area contributed by atoms with Gasteiger partial charge >= 0.3 is 18.4 Å². The van der Waals surface area contributed by atoms with E-state index in [2.05, 4.69) is 15.6 Å². The normalized spacial score (nSPS) is 14.2. The predicted octanol–water partition coefficient (Wildman–Crippen LogP) is 4.25. The number of halogens is 3. The number of alkyl carbamates (subject to hydrolysis) is 2. The zero-order chi connectivity index (χ0) is 30.5. The van der Waals surface area contributed by atoms with Crippen LogP contribution in [0.15, 0.2) is 48.7 Å². The van der Waals surface area contributed by atoms with Crippen LogP contribution in [0, 0.1) is 0 Å². The molecule has 1 aromatic carbocycles. The first kappa shape index (κ1) is 30.5. The summed E-state index contributed by atoms with van der Waals surface area (Å²) in [5.41, 5.74) is 0.759. The summed E-state index contributed by atoms with van der Waals surface area (Å²) in [4.78, 5) is 43.8. The fraction of sp³-hybridized carbons (Fsp3) is 0.429. The van der Waals surface area contributed by atoms with Gasteiger partial charge in [0.1, 0.15) is 17.9 Å². The Labute approximate surface area is 239 Å². The Morgan fingerprint density at radius 2 is 1.81 bits per heavy atom. The van der Waals surface area contributed by atoms with Crippen molar-refractivity contribution in [2.24, 2.45) is 0 Å². The van der Waals surface area contributed by atoms with Gasteiger partial charge in [-0.1, -0.05) is 30.3 Å². The maximum atomic E-state index is 13.5. The molecule has 0 saturated carbocycles. The average Bonchev–Trinajstić information content (AvgIpc) is 3.30. The Kier molecular flexibility index (Phi) is 9.12. The summed E-state index contributed by atoms with van der Waals surface area (Å²) in [6.45, 7) is 4.15. The van der Waals surface area contributed by atoms with Crippen LogP contribution in [0.4, 0.5) is 22.8 Å². The number of hydrogen-bond acceptors (Lipinski definition) is 7. The molecule has 0 spiro atoms. The number of amides is 3. The van der Waals surface area contributed by atoms with Crippen molar-refractivity contribution in [1.82, 2.24) is 25.1 Å². The van der Waals surface area contributed by atoms with Crippen molar-refractivity contribution in [3.05, 3.63) is 59.9 Å². The number of alkyl halides is 3. The lowest BCUT2D eigenvalue weighted by atomic mass is 10.2. The van der Waals surface area contributed by atoms with E-state index in [4.69, 9.17) is 14.2 Å². The van der Waals surface area contributed by atoms with Gasteiger partial charge in [0, 0.05) is 32.4 Å². The number of aromatic nitrogens is 2. The highest BCUT2D eigenvalue weighted by Gasteiger charge is 2.32. The maximum Gasteiger partial charge on any atom is 0.422 e. The molecule has 3 heterocycles. The summed E-state index contributed by atoms with van der Waals surface area (Å²) < 4.78 is 55.3. The molecular weight excluding hydrogens is 559 g/mol. The molecule has 0 unspecified atom stereocenters. The number of pyridine rings is 1. The largest absolute Gasteiger partial charge is 0.468 e. The maximum absolute atomic E-state index is 13.5. The molecule has 42 heavy (non-hydrogen) atoms. The Hall–Kier alpha value is -4.49. The number of ether oxygens (including phenoxy) is 3. The molecular formula is C28H32F3N5O6. The van der Waals surface area contributed by atoms with Gasteiger partial charge in [0.25, 0.3) is 5.91 Å². The molecule has 0 bridgehead atoms. The third-order valence-electron chi connectivity index (χ3n) is 6.13. The van der Waals surface area contributed by atoms with E-state index >= 15 is 0 Å². The number of fused-ring (bicyclic) bond motifs is 3. The molecule has 3 aromatic rings. The van der Waals surface area contributed by atoms with Gasteiger partial charge < -0.3 is 34.3 Å². The van der Waals surface area contributed by atoms with E-state index in [1.165, 1.54) is 17.2 Å². The molecule has 0 radical (unpaired) electrons. The summed E-state index contributed by atoms with van der Waals surface area (Å²) in [6.07, 6.45) is -4.67. The molecule has 2 aromatic heterocycles. The van der Waals surface area contributed by atoms with Crippen LogP contribution in [0.25, 0.3) is 10.9 Å². The third-order valence-corrected chi connectivity index (χ3v) is 6.13. The highest BCUT2D eigenvalue weighted by molar-refractivity contribution is 6.00. The second-order valence-electron chi connectivity index (χ2n) is 10.7. The van der Waals surface area contributed by atoms with Crippen LogP contribution in [-0.4, -0.2) is 76.6 Å². The van der Waals surface area contributed by atoms with Crippen LogP contribution in [0.1, 0.15) is 36.8 Å².